The molecule has 0 heterocycles. The van der Waals surface area contributed by atoms with Crippen LogP contribution in [0.5, 0.6) is 5.75 Å². The summed E-state index contributed by atoms with van der Waals surface area (Å²) in [5, 5.41) is 9.71. The highest BCUT2D eigenvalue weighted by Crippen LogP contribution is 2.18. The Morgan fingerprint density at radius 1 is 1.05 bits per heavy atom. The van der Waals surface area contributed by atoms with Crippen molar-refractivity contribution in [2.24, 2.45) is 0 Å². The molecule has 0 aliphatic heterocycles. The highest BCUT2D eigenvalue weighted by molar-refractivity contribution is 5.33. The maximum Gasteiger partial charge on any atom is 0.119 e. The van der Waals surface area contributed by atoms with Crippen LogP contribution in [0.1, 0.15) is 45.1 Å². The fourth-order valence-corrected chi connectivity index (χ4v) is 2.05. The van der Waals surface area contributed by atoms with Gasteiger partial charge in [-0.1, -0.05) is 47.6 Å². The molecule has 0 aromatic heterocycles. The lowest BCUT2D eigenvalue weighted by atomic mass is 10.0. The highest BCUT2D eigenvalue weighted by Gasteiger charge is 1.97. The molecule has 1 heteroatoms. The van der Waals surface area contributed by atoms with Crippen molar-refractivity contribution in [1.82, 2.24) is 0 Å². The number of aromatic hydroxyl groups is 1. The maximum atomic E-state index is 9.71. The lowest BCUT2D eigenvalue weighted by Gasteiger charge is -2.03. The van der Waals surface area contributed by atoms with Crippen LogP contribution in [-0.2, 0) is 6.42 Å². The van der Waals surface area contributed by atoms with Crippen molar-refractivity contribution in [3.8, 4) is 5.75 Å². The summed E-state index contributed by atoms with van der Waals surface area (Å²) >= 11 is 0. The van der Waals surface area contributed by atoms with Gasteiger partial charge in [-0.3, -0.25) is 0 Å². The third-order valence-corrected chi connectivity index (χ3v) is 3.44. The Kier molecular flexibility index (Phi) is 7.49. The molecule has 0 radical (unpaired) electrons. The summed E-state index contributed by atoms with van der Waals surface area (Å²) in [5.41, 5.74) is 3.81. The van der Waals surface area contributed by atoms with Crippen LogP contribution in [0.25, 0.3) is 0 Å². The van der Waals surface area contributed by atoms with E-state index in [0.29, 0.717) is 5.75 Å². The van der Waals surface area contributed by atoms with Crippen molar-refractivity contribution in [2.45, 2.75) is 46.0 Å². The number of hydrogen-bond donors (Lipinski definition) is 1. The zero-order valence-corrected chi connectivity index (χ0v) is 12.7. The van der Waals surface area contributed by atoms with Gasteiger partial charge in [0.1, 0.15) is 5.75 Å². The molecule has 1 aromatic rings. The van der Waals surface area contributed by atoms with Crippen LogP contribution < -0.4 is 0 Å². The number of phenolic OH excluding ortho intramolecular Hbond substituents is 1. The quantitative estimate of drug-likeness (QED) is 0.612. The fraction of sp³-hybridized carbons (Fsp3) is 0.368. The normalized spacial score (nSPS) is 12.5. The van der Waals surface area contributed by atoms with E-state index in [1.165, 1.54) is 11.1 Å². The van der Waals surface area contributed by atoms with Gasteiger partial charge in [-0.15, -0.1) is 6.58 Å². The predicted molar refractivity (Wildman–Crippen MR) is 88.0 cm³/mol. The van der Waals surface area contributed by atoms with Gasteiger partial charge in [0.25, 0.3) is 0 Å². The molecule has 1 aromatic carbocycles. The second kappa shape index (κ2) is 9.19. The summed E-state index contributed by atoms with van der Waals surface area (Å²) < 4.78 is 0. The largest absolute Gasteiger partial charge is 0.508 e. The van der Waals surface area contributed by atoms with Gasteiger partial charge >= 0.3 is 0 Å². The van der Waals surface area contributed by atoms with E-state index in [4.69, 9.17) is 0 Å². The summed E-state index contributed by atoms with van der Waals surface area (Å²) in [4.78, 5) is 0. The monoisotopic (exact) mass is 270 g/mol. The number of benzene rings is 1. The number of para-hydroxylation sites is 1. The molecule has 0 aliphatic rings. The lowest BCUT2D eigenvalue weighted by Crippen LogP contribution is -1.85. The van der Waals surface area contributed by atoms with Crippen molar-refractivity contribution in [2.75, 3.05) is 0 Å². The van der Waals surface area contributed by atoms with E-state index in [1.54, 1.807) is 6.07 Å². The minimum atomic E-state index is 0.386. The second-order valence-corrected chi connectivity index (χ2v) is 5.30. The molecule has 0 unspecified atom stereocenters. The molecular weight excluding hydrogens is 244 g/mol. The molecular formula is C19H26O. The van der Waals surface area contributed by atoms with Crippen LogP contribution in [0.2, 0.25) is 0 Å². The van der Waals surface area contributed by atoms with Crippen LogP contribution in [0, 0.1) is 0 Å². The van der Waals surface area contributed by atoms with Crippen molar-refractivity contribution in [1.29, 1.82) is 0 Å². The Balaban J connectivity index is 2.39. The van der Waals surface area contributed by atoms with Crippen LogP contribution in [0.3, 0.4) is 0 Å². The third-order valence-electron chi connectivity index (χ3n) is 3.44. The van der Waals surface area contributed by atoms with E-state index in [1.807, 2.05) is 24.3 Å². The molecule has 20 heavy (non-hydrogen) atoms. The summed E-state index contributed by atoms with van der Waals surface area (Å²) in [7, 11) is 0. The van der Waals surface area contributed by atoms with E-state index in [9.17, 15) is 5.11 Å². The van der Waals surface area contributed by atoms with Crippen LogP contribution >= 0.6 is 0 Å². The van der Waals surface area contributed by atoms with Crippen molar-refractivity contribution in [3.05, 3.63) is 65.8 Å². The van der Waals surface area contributed by atoms with Crippen LogP contribution in [-0.4, -0.2) is 5.11 Å². The molecule has 0 atom stereocenters. The fourth-order valence-electron chi connectivity index (χ4n) is 2.05. The third kappa shape index (κ3) is 6.42. The van der Waals surface area contributed by atoms with Gasteiger partial charge in [-0.05, 0) is 57.6 Å². The van der Waals surface area contributed by atoms with Crippen LogP contribution in [0.4, 0.5) is 0 Å². The molecule has 0 aliphatic carbocycles. The van der Waals surface area contributed by atoms with Gasteiger partial charge in [0.2, 0.25) is 0 Å². The summed E-state index contributed by atoms with van der Waals surface area (Å²) in [6.45, 7) is 8.09. The second-order valence-electron chi connectivity index (χ2n) is 5.30. The first-order chi connectivity index (χ1) is 9.63. The van der Waals surface area contributed by atoms with E-state index in [-0.39, 0.29) is 0 Å². The summed E-state index contributed by atoms with van der Waals surface area (Å²) in [5.74, 6) is 0.386. The van der Waals surface area contributed by atoms with E-state index >= 15 is 0 Å². The van der Waals surface area contributed by atoms with Gasteiger partial charge in [-0.2, -0.15) is 0 Å². The average molecular weight is 270 g/mol. The number of rotatable bonds is 8. The van der Waals surface area contributed by atoms with Gasteiger partial charge in [0.15, 0.2) is 0 Å². The SMILES string of the molecule is C=CCC/C(C)=C/CC/C(C)=C/Cc1ccccc1O. The number of phenols is 1. The first kappa shape index (κ1) is 16.3. The molecule has 0 amide bonds. The summed E-state index contributed by atoms with van der Waals surface area (Å²) in [6, 6.07) is 7.53. The van der Waals surface area contributed by atoms with Crippen LogP contribution in [0.15, 0.2) is 60.2 Å². The average Bonchev–Trinajstić information content (AvgIpc) is 2.44. The predicted octanol–water partition coefficient (Wildman–Crippen LogP) is 5.57. The van der Waals surface area contributed by atoms with Crippen molar-refractivity contribution < 1.29 is 5.11 Å². The van der Waals surface area contributed by atoms with Gasteiger partial charge < -0.3 is 5.11 Å². The van der Waals surface area contributed by atoms with E-state index in [2.05, 4.69) is 32.6 Å². The molecule has 1 N–H and O–H groups in total. The Hall–Kier alpha value is -1.76. The minimum Gasteiger partial charge on any atom is -0.508 e. The highest BCUT2D eigenvalue weighted by atomic mass is 16.3. The van der Waals surface area contributed by atoms with E-state index in [0.717, 1.165) is 37.7 Å². The van der Waals surface area contributed by atoms with Gasteiger partial charge in [0.05, 0.1) is 0 Å². The number of allylic oxidation sites excluding steroid dienone is 5. The molecule has 108 valence electrons. The molecule has 0 saturated heterocycles. The smallest absolute Gasteiger partial charge is 0.119 e. The molecule has 0 fully saturated rings. The van der Waals surface area contributed by atoms with Crippen molar-refractivity contribution in [3.63, 3.8) is 0 Å². The summed E-state index contributed by atoms with van der Waals surface area (Å²) in [6.07, 6.45) is 11.6. The molecule has 0 spiro atoms. The Morgan fingerprint density at radius 3 is 2.40 bits per heavy atom. The first-order valence-corrected chi connectivity index (χ1v) is 7.32. The molecule has 0 saturated carbocycles. The molecule has 1 nitrogen and oxygen atoms in total. The standard InChI is InChI=1S/C19H26O/c1-4-5-9-16(2)10-8-11-17(3)14-15-18-12-6-7-13-19(18)20/h4,6-7,10,12-14,20H,1,5,8-9,11,15H2,2-3H3/b16-10+,17-14+. The van der Waals surface area contributed by atoms with Gasteiger partial charge in [0, 0.05) is 0 Å². The van der Waals surface area contributed by atoms with Crippen molar-refractivity contribution >= 4 is 0 Å². The Bertz CT molecular complexity index is 480. The lowest BCUT2D eigenvalue weighted by molar-refractivity contribution is 0.469. The molecule has 1 rings (SSSR count). The Morgan fingerprint density at radius 2 is 1.70 bits per heavy atom. The van der Waals surface area contributed by atoms with Gasteiger partial charge in [-0.25, -0.2) is 0 Å². The Labute approximate surface area is 123 Å². The zero-order chi connectivity index (χ0) is 14.8. The topological polar surface area (TPSA) is 20.2 Å². The minimum absolute atomic E-state index is 0.386. The first-order valence-electron chi connectivity index (χ1n) is 7.32. The van der Waals surface area contributed by atoms with E-state index < -0.39 is 0 Å². The number of hydrogen-bond acceptors (Lipinski definition) is 1. The molecule has 0 bridgehead atoms. The maximum absolute atomic E-state index is 9.71. The zero-order valence-electron chi connectivity index (χ0n) is 12.7.